The molecule has 1 aliphatic heterocycles. The Balaban J connectivity index is 1.55. The van der Waals surface area contributed by atoms with Gasteiger partial charge in [-0.1, -0.05) is 42.5 Å². The van der Waals surface area contributed by atoms with Crippen molar-refractivity contribution in [1.29, 1.82) is 0 Å². The first kappa shape index (κ1) is 40.3. The number of ether oxygens (including phenoxy) is 1. The summed E-state index contributed by atoms with van der Waals surface area (Å²) in [5.74, 6) is -2.88. The van der Waals surface area contributed by atoms with Crippen LogP contribution in [0.25, 0.3) is 0 Å². The maximum absolute atomic E-state index is 13.4. The lowest BCUT2D eigenvalue weighted by Gasteiger charge is -2.24. The highest BCUT2D eigenvalue weighted by molar-refractivity contribution is 7.99. The minimum atomic E-state index is -1.31. The molecule has 0 radical (unpaired) electrons. The molecule has 1 fully saturated rings. The summed E-state index contributed by atoms with van der Waals surface area (Å²) in [5.41, 5.74) is 7.03. The van der Waals surface area contributed by atoms with Crippen LogP contribution in [0.5, 0.6) is 5.75 Å². The van der Waals surface area contributed by atoms with E-state index in [2.05, 4.69) is 26.6 Å². The first-order valence-electron chi connectivity index (χ1n) is 16.3. The number of carboxylic acid groups (broad SMARTS) is 1. The van der Waals surface area contributed by atoms with Gasteiger partial charge in [-0.25, -0.2) is 0 Å². The molecule has 1 heterocycles. The summed E-state index contributed by atoms with van der Waals surface area (Å²) in [4.78, 5) is 89.2. The summed E-state index contributed by atoms with van der Waals surface area (Å²) < 4.78 is 5.22. The number of carbonyl (C=O) groups excluding carboxylic acids is 6. The lowest BCUT2D eigenvalue weighted by atomic mass is 10.0. The van der Waals surface area contributed by atoms with Crippen molar-refractivity contribution in [2.75, 3.05) is 38.4 Å². The fourth-order valence-electron chi connectivity index (χ4n) is 5.14. The van der Waals surface area contributed by atoms with Gasteiger partial charge in [0, 0.05) is 37.1 Å². The van der Waals surface area contributed by atoms with Gasteiger partial charge in [0.1, 0.15) is 23.9 Å². The van der Waals surface area contributed by atoms with Crippen LogP contribution in [0.1, 0.15) is 43.4 Å². The molecule has 8 N–H and O–H groups in total. The fourth-order valence-corrected chi connectivity index (χ4v) is 6.38. The van der Waals surface area contributed by atoms with Crippen LogP contribution in [-0.4, -0.2) is 108 Å². The number of hydrogen-bond acceptors (Lipinski definition) is 10. The second kappa shape index (κ2) is 20.5. The van der Waals surface area contributed by atoms with Crippen molar-refractivity contribution in [3.63, 3.8) is 0 Å². The van der Waals surface area contributed by atoms with Crippen molar-refractivity contribution < 1.29 is 43.4 Å². The number of nitrogens with one attached hydrogen (secondary N) is 5. The summed E-state index contributed by atoms with van der Waals surface area (Å²) in [6, 6.07) is 12.8. The standard InChI is InChI=1S/C34H45N7O9S/c1-21(38-29(43)17-37-30(44)18-41-20-51-19-27(41)23-8-10-24(50-2)11-9-23)32(47)39-25(12-13-28(35)42)34(49)40-26(16-22-6-4-3-5-7-22)33(48)36-15-14-31(45)46/h3-11,21,25-27H,12-20H2,1-2H3,(H2,35,42)(H,36,48)(H,37,44)(H,38,43)(H,39,47)(H,40,49)(H,45,46)/t21-,25-,26-,27?/m0/s1. The Morgan fingerprint density at radius 3 is 2.22 bits per heavy atom. The topological polar surface area (TPSA) is 238 Å². The molecular weight excluding hydrogens is 682 g/mol. The van der Waals surface area contributed by atoms with Crippen molar-refractivity contribution in [3.05, 3.63) is 65.7 Å². The molecule has 1 saturated heterocycles. The number of rotatable bonds is 20. The van der Waals surface area contributed by atoms with Crippen molar-refractivity contribution in [3.8, 4) is 5.75 Å². The van der Waals surface area contributed by atoms with Gasteiger partial charge in [-0.15, -0.1) is 11.8 Å². The van der Waals surface area contributed by atoms with Gasteiger partial charge < -0.3 is 42.2 Å². The van der Waals surface area contributed by atoms with Gasteiger partial charge in [0.15, 0.2) is 0 Å². The number of nitrogens with zero attached hydrogens (tertiary/aromatic N) is 1. The van der Waals surface area contributed by atoms with Gasteiger partial charge in [0.25, 0.3) is 0 Å². The van der Waals surface area contributed by atoms with E-state index in [9.17, 15) is 33.6 Å². The SMILES string of the molecule is COc1ccc(C2CSCN2CC(=O)NCC(=O)N[C@@H](C)C(=O)N[C@@H](CCC(N)=O)C(=O)N[C@@H](Cc2ccccc2)C(=O)NCCC(=O)O)cc1. The van der Waals surface area contributed by atoms with E-state index >= 15 is 0 Å². The smallest absolute Gasteiger partial charge is 0.305 e. The highest BCUT2D eigenvalue weighted by Gasteiger charge is 2.30. The number of carbonyl (C=O) groups is 7. The van der Waals surface area contributed by atoms with Crippen molar-refractivity contribution in [1.82, 2.24) is 31.5 Å². The fraction of sp³-hybridized carbons (Fsp3) is 0.441. The van der Waals surface area contributed by atoms with Crippen LogP contribution in [0, 0.1) is 0 Å². The zero-order chi connectivity index (χ0) is 37.3. The van der Waals surface area contributed by atoms with Gasteiger partial charge in [-0.3, -0.25) is 38.5 Å². The van der Waals surface area contributed by atoms with Crippen LogP contribution in [-0.2, 0) is 40.0 Å². The van der Waals surface area contributed by atoms with E-state index in [1.807, 2.05) is 29.2 Å². The minimum absolute atomic E-state index is 0.0175. The first-order valence-corrected chi connectivity index (χ1v) is 17.5. The molecule has 0 saturated carbocycles. The van der Waals surface area contributed by atoms with Crippen LogP contribution in [0.3, 0.4) is 0 Å². The number of amides is 6. The maximum Gasteiger partial charge on any atom is 0.305 e. The number of thioether (sulfide) groups is 1. The summed E-state index contributed by atoms with van der Waals surface area (Å²) in [7, 11) is 1.59. The van der Waals surface area contributed by atoms with Crippen molar-refractivity contribution in [2.45, 2.75) is 56.8 Å². The molecule has 0 aliphatic carbocycles. The second-order valence-corrected chi connectivity index (χ2v) is 12.9. The van der Waals surface area contributed by atoms with Gasteiger partial charge in [-0.05, 0) is 36.6 Å². The minimum Gasteiger partial charge on any atom is -0.497 e. The number of primary amides is 1. The van der Waals surface area contributed by atoms with Gasteiger partial charge in [0.05, 0.1) is 26.6 Å². The third-order valence-corrected chi connectivity index (χ3v) is 8.97. The average Bonchev–Trinajstić information content (AvgIpc) is 3.56. The molecule has 4 atom stereocenters. The van der Waals surface area contributed by atoms with Gasteiger partial charge in [-0.2, -0.15) is 0 Å². The van der Waals surface area contributed by atoms with Crippen LogP contribution in [0.4, 0.5) is 0 Å². The first-order chi connectivity index (χ1) is 24.4. The predicted molar refractivity (Wildman–Crippen MR) is 188 cm³/mol. The molecule has 51 heavy (non-hydrogen) atoms. The molecule has 16 nitrogen and oxygen atoms in total. The van der Waals surface area contributed by atoms with Crippen LogP contribution >= 0.6 is 11.8 Å². The molecule has 2 aromatic rings. The molecule has 1 unspecified atom stereocenters. The molecule has 0 aromatic heterocycles. The Morgan fingerprint density at radius 1 is 0.882 bits per heavy atom. The molecule has 0 spiro atoms. The monoisotopic (exact) mass is 727 g/mol. The number of hydrogen-bond donors (Lipinski definition) is 7. The molecule has 1 aliphatic rings. The van der Waals surface area contributed by atoms with Gasteiger partial charge >= 0.3 is 5.97 Å². The van der Waals surface area contributed by atoms with E-state index in [1.165, 1.54) is 6.92 Å². The predicted octanol–water partition coefficient (Wildman–Crippen LogP) is -0.568. The summed E-state index contributed by atoms with van der Waals surface area (Å²) in [6.07, 6.45) is -0.743. The lowest BCUT2D eigenvalue weighted by Crippen LogP contribution is -2.57. The zero-order valence-corrected chi connectivity index (χ0v) is 29.3. The molecule has 0 bridgehead atoms. The third-order valence-electron chi connectivity index (χ3n) is 7.90. The molecule has 276 valence electrons. The number of methoxy groups -OCH3 is 1. The van der Waals surface area contributed by atoms with Crippen LogP contribution in [0.2, 0.25) is 0 Å². The van der Waals surface area contributed by atoms with Crippen LogP contribution < -0.4 is 37.1 Å². The summed E-state index contributed by atoms with van der Waals surface area (Å²) in [6.45, 7) is 0.879. The average molecular weight is 728 g/mol. The molecule has 3 rings (SSSR count). The number of nitrogens with two attached hydrogens (primary N) is 1. The highest BCUT2D eigenvalue weighted by Crippen LogP contribution is 2.33. The quantitative estimate of drug-likeness (QED) is 0.0912. The third kappa shape index (κ3) is 13.9. The zero-order valence-electron chi connectivity index (χ0n) is 28.5. The number of aliphatic carboxylic acids is 1. The van der Waals surface area contributed by atoms with E-state index in [0.717, 1.165) is 17.1 Å². The van der Waals surface area contributed by atoms with E-state index in [1.54, 1.807) is 49.2 Å². The van der Waals surface area contributed by atoms with E-state index in [0.29, 0.717) is 11.4 Å². The van der Waals surface area contributed by atoms with E-state index < -0.39 is 60.2 Å². The van der Waals surface area contributed by atoms with Crippen molar-refractivity contribution in [2.24, 2.45) is 5.73 Å². The summed E-state index contributed by atoms with van der Waals surface area (Å²) >= 11 is 1.69. The molecule has 6 amide bonds. The molecule has 2 aromatic carbocycles. The Labute approximate surface area is 300 Å². The highest BCUT2D eigenvalue weighted by atomic mass is 32.2. The van der Waals surface area contributed by atoms with E-state index in [-0.39, 0.29) is 50.7 Å². The number of benzene rings is 2. The largest absolute Gasteiger partial charge is 0.497 e. The Bertz CT molecular complexity index is 1530. The van der Waals surface area contributed by atoms with E-state index in [4.69, 9.17) is 15.6 Å². The lowest BCUT2D eigenvalue weighted by molar-refractivity contribution is -0.137. The number of carboxylic acids is 1. The van der Waals surface area contributed by atoms with Crippen molar-refractivity contribution >= 4 is 53.2 Å². The maximum atomic E-state index is 13.4. The van der Waals surface area contributed by atoms with Crippen LogP contribution in [0.15, 0.2) is 54.6 Å². The normalized spacial score (nSPS) is 15.8. The second-order valence-electron chi connectivity index (χ2n) is 11.9. The Kier molecular flexibility index (Phi) is 16.2. The summed E-state index contributed by atoms with van der Waals surface area (Å²) in [5, 5.41) is 21.5. The molecule has 17 heteroatoms. The molecular formula is C34H45N7O9S. The Hall–Kier alpha value is -5.16. The van der Waals surface area contributed by atoms with Gasteiger partial charge in [0.2, 0.25) is 35.4 Å². The Morgan fingerprint density at radius 2 is 1.57 bits per heavy atom.